The number of aromatic amines is 1. The van der Waals surface area contributed by atoms with Crippen LogP contribution in [-0.2, 0) is 0 Å². The highest BCUT2D eigenvalue weighted by Gasteiger charge is 2.05. The van der Waals surface area contributed by atoms with Gasteiger partial charge in [0.05, 0.1) is 0 Å². The van der Waals surface area contributed by atoms with Crippen molar-refractivity contribution in [2.45, 2.75) is 0 Å². The summed E-state index contributed by atoms with van der Waals surface area (Å²) in [5.74, 6) is 0. The van der Waals surface area contributed by atoms with Gasteiger partial charge >= 0.3 is 0 Å². The monoisotopic (exact) mass is 229 g/mol. The van der Waals surface area contributed by atoms with Gasteiger partial charge in [0, 0.05) is 24.0 Å². The largest absolute Gasteiger partial charge is 0.346 e. The van der Waals surface area contributed by atoms with Gasteiger partial charge < -0.3 is 4.98 Å². The average molecular weight is 230 g/mol. The van der Waals surface area contributed by atoms with Crippen LogP contribution in [0.1, 0.15) is 0 Å². The fourth-order valence-electron chi connectivity index (χ4n) is 1.78. The lowest BCUT2D eigenvalue weighted by molar-refractivity contribution is 1.31. The van der Waals surface area contributed by atoms with E-state index >= 15 is 0 Å². The summed E-state index contributed by atoms with van der Waals surface area (Å²) >= 11 is 5.89. The van der Waals surface area contributed by atoms with Crippen molar-refractivity contribution in [3.05, 3.63) is 48.0 Å². The SMILES string of the molecule is Clc1cc(-c2ccnc3[nH]ccc23)ccn1. The molecule has 0 aliphatic carbocycles. The van der Waals surface area contributed by atoms with E-state index in [0.717, 1.165) is 22.2 Å². The highest BCUT2D eigenvalue weighted by atomic mass is 35.5. The van der Waals surface area contributed by atoms with Crippen molar-refractivity contribution in [3.8, 4) is 11.1 Å². The van der Waals surface area contributed by atoms with Crippen LogP contribution >= 0.6 is 11.6 Å². The molecule has 0 saturated heterocycles. The third-order valence-electron chi connectivity index (χ3n) is 2.50. The van der Waals surface area contributed by atoms with Crippen LogP contribution in [0.15, 0.2) is 42.9 Å². The lowest BCUT2D eigenvalue weighted by Crippen LogP contribution is -1.83. The van der Waals surface area contributed by atoms with E-state index in [1.54, 1.807) is 12.4 Å². The second-order valence-corrected chi connectivity index (χ2v) is 3.85. The fraction of sp³-hybridized carbons (Fsp3) is 0. The van der Waals surface area contributed by atoms with Crippen LogP contribution in [0.4, 0.5) is 0 Å². The summed E-state index contributed by atoms with van der Waals surface area (Å²) in [7, 11) is 0. The van der Waals surface area contributed by atoms with E-state index in [4.69, 9.17) is 11.6 Å². The Morgan fingerprint density at radius 3 is 2.81 bits per heavy atom. The molecule has 0 saturated carbocycles. The molecule has 0 aliphatic heterocycles. The summed E-state index contributed by atoms with van der Waals surface area (Å²) in [6.07, 6.45) is 5.36. The van der Waals surface area contributed by atoms with Crippen LogP contribution < -0.4 is 0 Å². The zero-order chi connectivity index (χ0) is 11.0. The number of fused-ring (bicyclic) bond motifs is 1. The molecule has 3 rings (SSSR count). The van der Waals surface area contributed by atoms with Crippen molar-refractivity contribution in [1.82, 2.24) is 15.0 Å². The number of pyridine rings is 2. The topological polar surface area (TPSA) is 41.6 Å². The maximum absolute atomic E-state index is 5.89. The smallest absolute Gasteiger partial charge is 0.137 e. The number of rotatable bonds is 1. The van der Waals surface area contributed by atoms with Gasteiger partial charge in [-0.05, 0) is 35.4 Å². The Balaban J connectivity index is 2.29. The third-order valence-corrected chi connectivity index (χ3v) is 2.70. The molecule has 3 aromatic heterocycles. The van der Waals surface area contributed by atoms with E-state index in [-0.39, 0.29) is 0 Å². The van der Waals surface area contributed by atoms with E-state index in [1.165, 1.54) is 0 Å². The summed E-state index contributed by atoms with van der Waals surface area (Å²) < 4.78 is 0. The average Bonchev–Trinajstić information content (AvgIpc) is 2.76. The van der Waals surface area contributed by atoms with Gasteiger partial charge in [-0.25, -0.2) is 9.97 Å². The molecule has 78 valence electrons. The first-order valence-electron chi connectivity index (χ1n) is 4.88. The highest BCUT2D eigenvalue weighted by Crippen LogP contribution is 2.27. The lowest BCUT2D eigenvalue weighted by atomic mass is 10.1. The summed E-state index contributed by atoms with van der Waals surface area (Å²) in [5, 5.41) is 1.59. The van der Waals surface area contributed by atoms with Crippen molar-refractivity contribution < 1.29 is 0 Å². The van der Waals surface area contributed by atoms with Gasteiger partial charge in [-0.15, -0.1) is 0 Å². The van der Waals surface area contributed by atoms with Crippen LogP contribution in [0.3, 0.4) is 0 Å². The molecular weight excluding hydrogens is 222 g/mol. The van der Waals surface area contributed by atoms with Gasteiger partial charge in [-0.2, -0.15) is 0 Å². The number of halogens is 1. The van der Waals surface area contributed by atoms with Crippen molar-refractivity contribution in [2.75, 3.05) is 0 Å². The van der Waals surface area contributed by atoms with Crippen molar-refractivity contribution in [3.63, 3.8) is 0 Å². The molecule has 3 nitrogen and oxygen atoms in total. The van der Waals surface area contributed by atoms with Gasteiger partial charge in [-0.3, -0.25) is 0 Å². The maximum Gasteiger partial charge on any atom is 0.137 e. The Hall–Kier alpha value is -1.87. The van der Waals surface area contributed by atoms with Gasteiger partial charge in [-0.1, -0.05) is 11.6 Å². The molecule has 0 spiro atoms. The van der Waals surface area contributed by atoms with E-state index < -0.39 is 0 Å². The Bertz CT molecular complexity index is 645. The first-order valence-corrected chi connectivity index (χ1v) is 5.26. The van der Waals surface area contributed by atoms with Crippen LogP contribution in [0.25, 0.3) is 22.2 Å². The summed E-state index contributed by atoms with van der Waals surface area (Å²) in [6.45, 7) is 0. The van der Waals surface area contributed by atoms with Crippen LogP contribution in [-0.4, -0.2) is 15.0 Å². The minimum Gasteiger partial charge on any atom is -0.346 e. The molecule has 4 heteroatoms. The minimum atomic E-state index is 0.498. The van der Waals surface area contributed by atoms with Gasteiger partial charge in [0.1, 0.15) is 10.8 Å². The second kappa shape index (κ2) is 3.61. The van der Waals surface area contributed by atoms with Gasteiger partial charge in [0.25, 0.3) is 0 Å². The van der Waals surface area contributed by atoms with Gasteiger partial charge in [0.15, 0.2) is 0 Å². The summed E-state index contributed by atoms with van der Waals surface area (Å²) in [4.78, 5) is 11.3. The molecule has 0 unspecified atom stereocenters. The standard InChI is InChI=1S/C12H8ClN3/c13-11-7-8(1-4-14-11)9-2-5-15-12-10(9)3-6-16-12/h1-7H,(H,15,16). The number of aromatic nitrogens is 3. The molecule has 16 heavy (non-hydrogen) atoms. The van der Waals surface area contributed by atoms with E-state index in [9.17, 15) is 0 Å². The molecule has 1 N–H and O–H groups in total. The highest BCUT2D eigenvalue weighted by molar-refractivity contribution is 6.29. The quantitative estimate of drug-likeness (QED) is 0.651. The van der Waals surface area contributed by atoms with Gasteiger partial charge in [0.2, 0.25) is 0 Å². The van der Waals surface area contributed by atoms with Crippen LogP contribution in [0.2, 0.25) is 5.15 Å². The number of H-pyrrole nitrogens is 1. The molecule has 0 atom stereocenters. The number of nitrogens with one attached hydrogen (secondary N) is 1. The second-order valence-electron chi connectivity index (χ2n) is 3.47. The molecule has 0 amide bonds. The first kappa shape index (κ1) is 9.36. The molecule has 0 aromatic carbocycles. The van der Waals surface area contributed by atoms with E-state index in [0.29, 0.717) is 5.15 Å². The van der Waals surface area contributed by atoms with Crippen molar-refractivity contribution in [1.29, 1.82) is 0 Å². The number of hydrogen-bond acceptors (Lipinski definition) is 2. The normalized spacial score (nSPS) is 10.8. The van der Waals surface area contributed by atoms with E-state index in [1.807, 2.05) is 30.5 Å². The molecule has 0 aliphatic rings. The summed E-state index contributed by atoms with van der Waals surface area (Å²) in [5.41, 5.74) is 3.04. The zero-order valence-corrected chi connectivity index (χ0v) is 9.07. The lowest BCUT2D eigenvalue weighted by Gasteiger charge is -2.02. The molecule has 3 heterocycles. The maximum atomic E-state index is 5.89. The van der Waals surface area contributed by atoms with Crippen molar-refractivity contribution in [2.24, 2.45) is 0 Å². The molecule has 0 radical (unpaired) electrons. The molecular formula is C12H8ClN3. The Labute approximate surface area is 97.1 Å². The Morgan fingerprint density at radius 2 is 1.94 bits per heavy atom. The summed E-state index contributed by atoms with van der Waals surface area (Å²) in [6, 6.07) is 7.77. The number of nitrogens with zero attached hydrogens (tertiary/aromatic N) is 2. The Morgan fingerprint density at radius 1 is 1.06 bits per heavy atom. The first-order chi connectivity index (χ1) is 7.84. The minimum absolute atomic E-state index is 0.498. The fourth-order valence-corrected chi connectivity index (χ4v) is 1.96. The predicted molar refractivity (Wildman–Crippen MR) is 64.3 cm³/mol. The molecule has 3 aromatic rings. The number of hydrogen-bond donors (Lipinski definition) is 1. The van der Waals surface area contributed by atoms with Crippen molar-refractivity contribution >= 4 is 22.6 Å². The predicted octanol–water partition coefficient (Wildman–Crippen LogP) is 3.28. The Kier molecular flexibility index (Phi) is 2.11. The zero-order valence-electron chi connectivity index (χ0n) is 8.31. The molecule has 0 bridgehead atoms. The van der Waals surface area contributed by atoms with Crippen LogP contribution in [0.5, 0.6) is 0 Å². The third kappa shape index (κ3) is 1.46. The van der Waals surface area contributed by atoms with Crippen LogP contribution in [0, 0.1) is 0 Å². The molecule has 0 fully saturated rings. The van der Waals surface area contributed by atoms with E-state index in [2.05, 4.69) is 15.0 Å².